The third-order valence-corrected chi connectivity index (χ3v) is 4.12. The van der Waals surface area contributed by atoms with Crippen molar-refractivity contribution in [3.63, 3.8) is 0 Å². The third-order valence-electron chi connectivity index (χ3n) is 2.77. The van der Waals surface area contributed by atoms with Crippen molar-refractivity contribution < 1.29 is 4.21 Å². The molecule has 1 atom stereocenters. The van der Waals surface area contributed by atoms with Gasteiger partial charge in [0.1, 0.15) is 11.0 Å². The molecule has 1 aromatic rings. The van der Waals surface area contributed by atoms with E-state index in [1.165, 1.54) is 0 Å². The third kappa shape index (κ3) is 1.67. The monoisotopic (exact) mass is 241 g/mol. The Balaban J connectivity index is 2.69. The number of aromatic nitrogens is 2. The molecule has 16 heavy (non-hydrogen) atoms. The zero-order valence-electron chi connectivity index (χ0n) is 9.61. The number of fused-ring (bicyclic) bond motifs is 1. The topological polar surface area (TPSA) is 66.1 Å². The number of nitrogens with zero attached hydrogens (tertiary/aromatic N) is 2. The van der Waals surface area contributed by atoms with Crippen LogP contribution in [-0.2, 0) is 17.4 Å². The number of rotatable bonds is 1. The number of hydrogen-bond donors (Lipinski definition) is 1. The highest BCUT2D eigenvalue weighted by Gasteiger charge is 2.27. The fourth-order valence-electron chi connectivity index (χ4n) is 1.91. The first-order chi connectivity index (χ1) is 7.52. The summed E-state index contributed by atoms with van der Waals surface area (Å²) in [6.45, 7) is 4.01. The lowest BCUT2D eigenvalue weighted by atomic mass is 10.0. The van der Waals surface area contributed by atoms with Crippen molar-refractivity contribution in [2.45, 2.75) is 26.2 Å². The van der Waals surface area contributed by atoms with Gasteiger partial charge in [0.25, 0.3) is 5.56 Å². The molecule has 0 aliphatic carbocycles. The number of aromatic amines is 1. The summed E-state index contributed by atoms with van der Waals surface area (Å²) in [4.78, 5) is 11.6. The zero-order valence-corrected chi connectivity index (χ0v) is 10.4. The molecule has 0 radical (unpaired) electrons. The van der Waals surface area contributed by atoms with E-state index in [1.807, 2.05) is 13.8 Å². The zero-order chi connectivity index (χ0) is 11.9. The van der Waals surface area contributed by atoms with Crippen molar-refractivity contribution >= 4 is 16.7 Å². The van der Waals surface area contributed by atoms with E-state index in [-0.39, 0.29) is 11.5 Å². The van der Waals surface area contributed by atoms with Gasteiger partial charge in [-0.1, -0.05) is 13.8 Å². The van der Waals surface area contributed by atoms with E-state index in [2.05, 4.69) is 10.2 Å². The van der Waals surface area contributed by atoms with Crippen LogP contribution in [0.5, 0.6) is 0 Å². The lowest BCUT2D eigenvalue weighted by Crippen LogP contribution is -2.35. The predicted molar refractivity (Wildman–Crippen MR) is 64.1 cm³/mol. The summed E-state index contributed by atoms with van der Waals surface area (Å²) in [7, 11) is 0.710. The largest absolute Gasteiger partial charge is 0.292 e. The van der Waals surface area contributed by atoms with Gasteiger partial charge in [0.2, 0.25) is 0 Å². The number of nitrogens with one attached hydrogen (secondary N) is 1. The Morgan fingerprint density at radius 1 is 1.50 bits per heavy atom. The van der Waals surface area contributed by atoms with Crippen molar-refractivity contribution in [2.24, 2.45) is 0 Å². The fourth-order valence-corrected chi connectivity index (χ4v) is 2.97. The number of hydrogen-bond acceptors (Lipinski definition) is 3. The average molecular weight is 241 g/mol. The summed E-state index contributed by atoms with van der Waals surface area (Å²) in [5, 5.41) is 6.58. The molecule has 0 saturated carbocycles. The van der Waals surface area contributed by atoms with Crippen molar-refractivity contribution in [1.82, 2.24) is 10.2 Å². The van der Waals surface area contributed by atoms with E-state index < -0.39 is 11.0 Å². The Morgan fingerprint density at radius 2 is 2.19 bits per heavy atom. The minimum atomic E-state index is -1.04. The molecule has 1 aliphatic heterocycles. The highest BCUT2D eigenvalue weighted by Crippen LogP contribution is 2.30. The van der Waals surface area contributed by atoms with Gasteiger partial charge in [0.05, 0.1) is 11.4 Å². The van der Waals surface area contributed by atoms with E-state index >= 15 is 0 Å². The van der Waals surface area contributed by atoms with Crippen molar-refractivity contribution in [1.29, 1.82) is 0 Å². The summed E-state index contributed by atoms with van der Waals surface area (Å²) in [5.41, 5.74) is 2.11. The van der Waals surface area contributed by atoms with E-state index in [0.29, 0.717) is 17.7 Å². The normalized spacial score (nSPS) is 20.0. The minimum absolute atomic E-state index is 0.164. The molecule has 1 N–H and O–H groups in total. The van der Waals surface area contributed by atoms with Crippen LogP contribution in [0, 0.1) is 0 Å². The highest BCUT2D eigenvalue weighted by molar-refractivity contribution is 7.86. The molecule has 5 nitrogen and oxygen atoms in total. The van der Waals surface area contributed by atoms with Crippen LogP contribution in [0.15, 0.2) is 4.79 Å². The van der Waals surface area contributed by atoms with Gasteiger partial charge in [-0.15, -0.1) is 0 Å². The van der Waals surface area contributed by atoms with Crippen LogP contribution in [0.2, 0.25) is 0 Å². The molecular weight excluding hydrogens is 226 g/mol. The molecule has 88 valence electrons. The molecule has 0 bridgehead atoms. The average Bonchev–Trinajstić information content (AvgIpc) is 2.23. The van der Waals surface area contributed by atoms with Crippen LogP contribution in [-0.4, -0.2) is 27.2 Å². The molecule has 1 aromatic heterocycles. The Morgan fingerprint density at radius 3 is 2.81 bits per heavy atom. The van der Waals surface area contributed by atoms with Gasteiger partial charge in [0.15, 0.2) is 0 Å². The quantitative estimate of drug-likeness (QED) is 0.780. The predicted octanol–water partition coefficient (Wildman–Crippen LogP) is 0.549. The van der Waals surface area contributed by atoms with Crippen molar-refractivity contribution in [2.75, 3.05) is 17.1 Å². The second-order valence-corrected chi connectivity index (χ2v) is 5.79. The second-order valence-electron chi connectivity index (χ2n) is 4.19. The number of anilines is 1. The van der Waals surface area contributed by atoms with E-state index in [1.54, 1.807) is 11.4 Å². The molecule has 0 fully saturated rings. The van der Waals surface area contributed by atoms with Crippen LogP contribution in [0.25, 0.3) is 0 Å². The molecule has 0 amide bonds. The van der Waals surface area contributed by atoms with Crippen molar-refractivity contribution in [3.8, 4) is 0 Å². The molecule has 0 spiro atoms. The molecule has 2 heterocycles. The van der Waals surface area contributed by atoms with Crippen LogP contribution in [0.1, 0.15) is 31.0 Å². The first-order valence-corrected chi connectivity index (χ1v) is 6.53. The van der Waals surface area contributed by atoms with Gasteiger partial charge in [-0.05, 0) is 12.3 Å². The van der Waals surface area contributed by atoms with Gasteiger partial charge in [-0.25, -0.2) is 9.31 Å². The summed E-state index contributed by atoms with van der Waals surface area (Å²) >= 11 is 0. The minimum Gasteiger partial charge on any atom is -0.292 e. The maximum atomic E-state index is 11.7. The standard InChI is InChI=1S/C10H15N3O2S/c1-6(2)8-9-7(10(14)12-11-8)4-5-16(15)13(9)3/h6H,4-5H2,1-3H3,(H,12,14). The van der Waals surface area contributed by atoms with Gasteiger partial charge in [-0.2, -0.15) is 5.10 Å². The van der Waals surface area contributed by atoms with Crippen LogP contribution in [0.3, 0.4) is 0 Å². The van der Waals surface area contributed by atoms with Crippen molar-refractivity contribution in [3.05, 3.63) is 21.6 Å². The summed E-state index contributed by atoms with van der Waals surface area (Å²) < 4.78 is 13.4. The lowest BCUT2D eigenvalue weighted by molar-refractivity contribution is 0.676. The fraction of sp³-hybridized carbons (Fsp3) is 0.600. The Labute approximate surface area is 96.5 Å². The maximum absolute atomic E-state index is 11.7. The van der Waals surface area contributed by atoms with Crippen LogP contribution < -0.4 is 9.86 Å². The first kappa shape index (κ1) is 11.3. The van der Waals surface area contributed by atoms with Gasteiger partial charge in [-0.3, -0.25) is 9.10 Å². The Bertz CT molecular complexity index is 495. The smallest absolute Gasteiger partial charge is 0.269 e. The van der Waals surface area contributed by atoms with E-state index in [0.717, 1.165) is 11.4 Å². The summed E-state index contributed by atoms with van der Waals surface area (Å²) in [5.74, 6) is 0.705. The maximum Gasteiger partial charge on any atom is 0.269 e. The summed E-state index contributed by atoms with van der Waals surface area (Å²) in [6.07, 6.45) is 0.559. The number of H-pyrrole nitrogens is 1. The Kier molecular flexibility index (Phi) is 2.84. The molecule has 1 unspecified atom stereocenters. The Hall–Kier alpha value is -1.17. The first-order valence-electron chi connectivity index (χ1n) is 5.26. The summed E-state index contributed by atoms with van der Waals surface area (Å²) in [6, 6.07) is 0. The molecule has 2 rings (SSSR count). The molecule has 0 aromatic carbocycles. The molecule has 1 aliphatic rings. The highest BCUT2D eigenvalue weighted by atomic mass is 32.2. The second kappa shape index (κ2) is 4.01. The van der Waals surface area contributed by atoms with Crippen LogP contribution >= 0.6 is 0 Å². The molecule has 6 heteroatoms. The molecular formula is C10H15N3O2S. The van der Waals surface area contributed by atoms with Gasteiger partial charge >= 0.3 is 0 Å². The van der Waals surface area contributed by atoms with E-state index in [9.17, 15) is 9.00 Å². The lowest BCUT2D eigenvalue weighted by Gasteiger charge is -2.28. The van der Waals surface area contributed by atoms with Gasteiger partial charge in [0, 0.05) is 18.4 Å². The molecule has 0 saturated heterocycles. The van der Waals surface area contributed by atoms with E-state index in [4.69, 9.17) is 0 Å². The SMILES string of the molecule is CC(C)c1n[nH]c(=O)c2c1N(C)S(=O)CC2. The van der Waals surface area contributed by atoms with Crippen LogP contribution in [0.4, 0.5) is 5.69 Å². The van der Waals surface area contributed by atoms with Gasteiger partial charge < -0.3 is 0 Å².